The molecule has 0 saturated heterocycles. The largest absolute Gasteiger partial charge is 0.496 e. The van der Waals surface area contributed by atoms with Gasteiger partial charge in [-0.3, -0.25) is 4.79 Å². The maximum absolute atomic E-state index is 12.7. The molecular weight excluding hydrogens is 404 g/mol. The van der Waals surface area contributed by atoms with Gasteiger partial charge in [-0.15, -0.1) is 0 Å². The van der Waals surface area contributed by atoms with Gasteiger partial charge in [0.05, 0.1) is 17.6 Å². The highest BCUT2D eigenvalue weighted by atomic mass is 32.2. The third kappa shape index (κ3) is 5.37. The lowest BCUT2D eigenvalue weighted by atomic mass is 10.1. The number of carbonyl (C=O) groups excluding carboxylic acids is 1. The Morgan fingerprint density at radius 1 is 0.967 bits per heavy atom. The van der Waals surface area contributed by atoms with E-state index in [2.05, 4.69) is 5.32 Å². The van der Waals surface area contributed by atoms with Crippen LogP contribution in [0.1, 0.15) is 21.5 Å². The third-order valence-corrected chi connectivity index (χ3v) is 5.35. The summed E-state index contributed by atoms with van der Waals surface area (Å²) in [6, 6.07) is 20.9. The van der Waals surface area contributed by atoms with Crippen LogP contribution in [0.2, 0.25) is 0 Å². The molecule has 0 heterocycles. The topological polar surface area (TPSA) is 108 Å². The molecule has 0 aromatic heterocycles. The lowest BCUT2D eigenvalue weighted by molar-refractivity contribution is 0.0947. The number of hydrogen-bond acceptors (Lipinski definition) is 5. The molecule has 0 radical (unpaired) electrons. The molecule has 1 amide bonds. The average molecular weight is 426 g/mol. The Balaban J connectivity index is 1.74. The van der Waals surface area contributed by atoms with Crippen LogP contribution in [-0.4, -0.2) is 21.4 Å². The van der Waals surface area contributed by atoms with Gasteiger partial charge in [-0.1, -0.05) is 42.5 Å². The van der Waals surface area contributed by atoms with Crippen LogP contribution in [0.5, 0.6) is 11.5 Å². The van der Waals surface area contributed by atoms with E-state index in [9.17, 15) is 13.2 Å². The lowest BCUT2D eigenvalue weighted by Crippen LogP contribution is -2.24. The first-order chi connectivity index (χ1) is 14.4. The van der Waals surface area contributed by atoms with E-state index in [1.54, 1.807) is 0 Å². The minimum atomic E-state index is -3.94. The van der Waals surface area contributed by atoms with E-state index in [-0.39, 0.29) is 22.8 Å². The zero-order valence-electron chi connectivity index (χ0n) is 16.4. The van der Waals surface area contributed by atoms with Crippen LogP contribution in [0.25, 0.3) is 0 Å². The molecule has 3 aromatic carbocycles. The number of amides is 1. The maximum atomic E-state index is 12.7. The van der Waals surface area contributed by atoms with Crippen molar-refractivity contribution in [1.29, 1.82) is 0 Å². The van der Waals surface area contributed by atoms with E-state index in [0.29, 0.717) is 6.61 Å². The maximum Gasteiger partial charge on any atom is 0.255 e. The van der Waals surface area contributed by atoms with E-state index >= 15 is 0 Å². The van der Waals surface area contributed by atoms with Gasteiger partial charge in [0, 0.05) is 6.54 Å². The number of methoxy groups -OCH3 is 1. The fraction of sp³-hybridized carbons (Fsp3) is 0.136. The average Bonchev–Trinajstić information content (AvgIpc) is 2.76. The first kappa shape index (κ1) is 21.4. The molecule has 0 saturated carbocycles. The molecule has 8 heteroatoms. The van der Waals surface area contributed by atoms with Gasteiger partial charge in [0.2, 0.25) is 10.0 Å². The number of nitrogens with two attached hydrogens (primary N) is 1. The SMILES string of the molecule is COc1ccc(S(N)(=O)=O)cc1C(=O)NCc1ccccc1COc1ccccc1. The molecule has 0 unspecified atom stereocenters. The number of primary sulfonamides is 1. The van der Waals surface area contributed by atoms with E-state index in [1.807, 2.05) is 54.6 Å². The number of nitrogens with one attached hydrogen (secondary N) is 1. The van der Waals surface area contributed by atoms with Crippen LogP contribution in [-0.2, 0) is 23.2 Å². The third-order valence-electron chi connectivity index (χ3n) is 4.44. The zero-order valence-corrected chi connectivity index (χ0v) is 17.2. The van der Waals surface area contributed by atoms with Crippen molar-refractivity contribution < 1.29 is 22.7 Å². The van der Waals surface area contributed by atoms with Gasteiger partial charge >= 0.3 is 0 Å². The predicted molar refractivity (Wildman–Crippen MR) is 113 cm³/mol. The summed E-state index contributed by atoms with van der Waals surface area (Å²) in [6.45, 7) is 0.580. The van der Waals surface area contributed by atoms with Crippen molar-refractivity contribution in [3.05, 3.63) is 89.5 Å². The summed E-state index contributed by atoms with van der Waals surface area (Å²) in [5.74, 6) is 0.526. The van der Waals surface area contributed by atoms with Gasteiger partial charge in [0.1, 0.15) is 18.1 Å². The molecule has 0 atom stereocenters. The second-order valence-corrected chi connectivity index (χ2v) is 8.02. The smallest absolute Gasteiger partial charge is 0.255 e. The minimum Gasteiger partial charge on any atom is -0.496 e. The highest BCUT2D eigenvalue weighted by Gasteiger charge is 2.17. The van der Waals surface area contributed by atoms with E-state index in [1.165, 1.54) is 25.3 Å². The van der Waals surface area contributed by atoms with Crippen molar-refractivity contribution in [2.24, 2.45) is 5.14 Å². The van der Waals surface area contributed by atoms with Crippen molar-refractivity contribution in [2.45, 2.75) is 18.0 Å². The number of hydrogen-bond donors (Lipinski definition) is 2. The fourth-order valence-corrected chi connectivity index (χ4v) is 3.40. The molecule has 0 spiro atoms. The summed E-state index contributed by atoms with van der Waals surface area (Å²) in [6.07, 6.45) is 0. The van der Waals surface area contributed by atoms with E-state index < -0.39 is 15.9 Å². The lowest BCUT2D eigenvalue weighted by Gasteiger charge is -2.13. The zero-order chi connectivity index (χ0) is 21.6. The van der Waals surface area contributed by atoms with Gasteiger partial charge in [0.25, 0.3) is 5.91 Å². The predicted octanol–water partition coefficient (Wildman–Crippen LogP) is 2.85. The van der Waals surface area contributed by atoms with Crippen LogP contribution >= 0.6 is 0 Å². The molecule has 0 aliphatic heterocycles. The van der Waals surface area contributed by atoms with Gasteiger partial charge in [-0.05, 0) is 41.5 Å². The Morgan fingerprint density at radius 3 is 2.30 bits per heavy atom. The first-order valence-corrected chi connectivity index (χ1v) is 10.7. The van der Waals surface area contributed by atoms with Crippen LogP contribution < -0.4 is 19.9 Å². The summed E-state index contributed by atoms with van der Waals surface area (Å²) in [4.78, 5) is 12.5. The number of rotatable bonds is 8. The first-order valence-electron chi connectivity index (χ1n) is 9.12. The molecule has 0 aliphatic carbocycles. The molecule has 3 rings (SSSR count). The summed E-state index contributed by atoms with van der Waals surface area (Å²) in [5, 5.41) is 7.97. The van der Waals surface area contributed by atoms with Crippen molar-refractivity contribution in [1.82, 2.24) is 5.32 Å². The van der Waals surface area contributed by atoms with Crippen LogP contribution in [0, 0.1) is 0 Å². The second kappa shape index (κ2) is 9.43. The van der Waals surface area contributed by atoms with Crippen molar-refractivity contribution in [3.8, 4) is 11.5 Å². The summed E-state index contributed by atoms with van der Waals surface area (Å²) < 4.78 is 34.2. The monoisotopic (exact) mass is 426 g/mol. The van der Waals surface area contributed by atoms with E-state index in [4.69, 9.17) is 14.6 Å². The molecule has 156 valence electrons. The number of benzene rings is 3. The Labute approximate surface area is 175 Å². The number of carbonyl (C=O) groups is 1. The minimum absolute atomic E-state index is 0.0852. The Morgan fingerprint density at radius 2 is 1.63 bits per heavy atom. The Kier molecular flexibility index (Phi) is 6.71. The Hall–Kier alpha value is -3.36. The highest BCUT2D eigenvalue weighted by Crippen LogP contribution is 2.22. The standard InChI is InChI=1S/C22H22N2O5S/c1-28-21-12-11-19(30(23,26)27)13-20(21)22(25)24-14-16-7-5-6-8-17(16)15-29-18-9-3-2-4-10-18/h2-13H,14-15H2,1H3,(H,24,25)(H2,23,26,27). The number of para-hydroxylation sites is 1. The van der Waals surface area contributed by atoms with Gasteiger partial charge in [-0.2, -0.15) is 0 Å². The normalized spacial score (nSPS) is 11.0. The molecule has 0 aliphatic rings. The quantitative estimate of drug-likeness (QED) is 0.576. The van der Waals surface area contributed by atoms with Gasteiger partial charge in [0.15, 0.2) is 0 Å². The molecule has 0 fully saturated rings. The van der Waals surface area contributed by atoms with Crippen molar-refractivity contribution >= 4 is 15.9 Å². The molecule has 7 nitrogen and oxygen atoms in total. The summed E-state index contributed by atoms with van der Waals surface area (Å²) in [7, 11) is -2.54. The molecule has 30 heavy (non-hydrogen) atoms. The van der Waals surface area contributed by atoms with Crippen molar-refractivity contribution in [2.75, 3.05) is 7.11 Å². The Bertz CT molecular complexity index is 1130. The van der Waals surface area contributed by atoms with Gasteiger partial charge in [-0.25, -0.2) is 13.6 Å². The molecule has 0 bridgehead atoms. The summed E-state index contributed by atoms with van der Waals surface area (Å²) >= 11 is 0. The highest BCUT2D eigenvalue weighted by molar-refractivity contribution is 7.89. The summed E-state index contributed by atoms with van der Waals surface area (Å²) in [5.41, 5.74) is 1.89. The van der Waals surface area contributed by atoms with Gasteiger partial charge < -0.3 is 14.8 Å². The van der Waals surface area contributed by atoms with Crippen LogP contribution in [0.3, 0.4) is 0 Å². The van der Waals surface area contributed by atoms with Crippen LogP contribution in [0.4, 0.5) is 0 Å². The van der Waals surface area contributed by atoms with Crippen LogP contribution in [0.15, 0.2) is 77.7 Å². The fourth-order valence-electron chi connectivity index (χ4n) is 2.86. The molecule has 3 N–H and O–H groups in total. The molecular formula is C22H22N2O5S. The number of ether oxygens (including phenoxy) is 2. The second-order valence-electron chi connectivity index (χ2n) is 6.46. The number of sulfonamides is 1. The molecule has 3 aromatic rings. The van der Waals surface area contributed by atoms with Crippen molar-refractivity contribution in [3.63, 3.8) is 0 Å². The van der Waals surface area contributed by atoms with E-state index in [0.717, 1.165) is 16.9 Å².